The van der Waals surface area contributed by atoms with E-state index in [1.54, 1.807) is 12.3 Å². The van der Waals surface area contributed by atoms with Gasteiger partial charge in [0.25, 0.3) is 0 Å². The van der Waals surface area contributed by atoms with Crippen molar-refractivity contribution in [2.45, 2.75) is 25.3 Å². The fraction of sp³-hybridized carbons (Fsp3) is 0.571. The van der Waals surface area contributed by atoms with Crippen LogP contribution in [0.3, 0.4) is 0 Å². The number of aromatic nitrogens is 1. The van der Waals surface area contributed by atoms with Gasteiger partial charge in [0.05, 0.1) is 11.6 Å². The van der Waals surface area contributed by atoms with Gasteiger partial charge in [-0.05, 0) is 43.2 Å². The quantitative estimate of drug-likeness (QED) is 0.810. The van der Waals surface area contributed by atoms with Crippen LogP contribution in [-0.4, -0.2) is 24.1 Å². The maximum absolute atomic E-state index is 8.93. The molecule has 1 aliphatic carbocycles. The van der Waals surface area contributed by atoms with Crippen molar-refractivity contribution in [2.24, 2.45) is 17.6 Å². The summed E-state index contributed by atoms with van der Waals surface area (Å²) in [4.78, 5) is 6.70. The van der Waals surface area contributed by atoms with Crippen LogP contribution in [0, 0.1) is 23.2 Å². The van der Waals surface area contributed by atoms with Crippen molar-refractivity contribution in [3.8, 4) is 6.07 Å². The van der Waals surface area contributed by atoms with Gasteiger partial charge in [0.1, 0.15) is 5.82 Å². The number of nitrogens with two attached hydrogens (primary N) is 1. The molecule has 18 heavy (non-hydrogen) atoms. The summed E-state index contributed by atoms with van der Waals surface area (Å²) in [5.74, 6) is 2.41. The highest BCUT2D eigenvalue weighted by Gasteiger charge is 2.37. The monoisotopic (exact) mass is 242 g/mol. The normalized spacial score (nSPS) is 30.9. The lowest BCUT2D eigenvalue weighted by Gasteiger charge is -2.27. The Bertz CT molecular complexity index is 479. The Morgan fingerprint density at radius 2 is 2.17 bits per heavy atom. The average Bonchev–Trinajstić information content (AvgIpc) is 2.81. The molecule has 3 rings (SSSR count). The van der Waals surface area contributed by atoms with Crippen LogP contribution < -0.4 is 10.6 Å². The summed E-state index contributed by atoms with van der Waals surface area (Å²) in [5, 5.41) is 8.93. The molecule has 94 valence electrons. The molecule has 1 unspecified atom stereocenters. The molecular weight excluding hydrogens is 224 g/mol. The lowest BCUT2D eigenvalue weighted by Crippen LogP contribution is -2.32. The molecule has 1 saturated carbocycles. The third-order valence-corrected chi connectivity index (χ3v) is 4.29. The minimum Gasteiger partial charge on any atom is -0.356 e. The fourth-order valence-electron chi connectivity index (χ4n) is 3.32. The van der Waals surface area contributed by atoms with Gasteiger partial charge in [-0.3, -0.25) is 0 Å². The molecule has 0 amide bonds. The van der Waals surface area contributed by atoms with Crippen LogP contribution in [0.15, 0.2) is 18.3 Å². The van der Waals surface area contributed by atoms with E-state index in [0.29, 0.717) is 17.5 Å². The predicted octanol–water partition coefficient (Wildman–Crippen LogP) is 1.52. The van der Waals surface area contributed by atoms with Crippen molar-refractivity contribution < 1.29 is 0 Å². The average molecular weight is 242 g/mol. The number of anilines is 1. The summed E-state index contributed by atoms with van der Waals surface area (Å²) in [5.41, 5.74) is 6.73. The van der Waals surface area contributed by atoms with E-state index in [1.165, 1.54) is 6.42 Å². The molecule has 1 aliphatic heterocycles. The Morgan fingerprint density at radius 3 is 3.00 bits per heavy atom. The second kappa shape index (κ2) is 4.58. The van der Waals surface area contributed by atoms with E-state index < -0.39 is 0 Å². The highest BCUT2D eigenvalue weighted by atomic mass is 15.2. The minimum absolute atomic E-state index is 0.379. The van der Waals surface area contributed by atoms with Gasteiger partial charge in [-0.25, -0.2) is 4.98 Å². The van der Waals surface area contributed by atoms with Gasteiger partial charge in [-0.2, -0.15) is 5.26 Å². The van der Waals surface area contributed by atoms with Crippen molar-refractivity contribution in [1.82, 2.24) is 4.98 Å². The van der Waals surface area contributed by atoms with E-state index in [2.05, 4.69) is 16.0 Å². The molecule has 0 radical (unpaired) electrons. The highest BCUT2D eigenvalue weighted by molar-refractivity contribution is 5.46. The van der Waals surface area contributed by atoms with Gasteiger partial charge in [0.15, 0.2) is 0 Å². The van der Waals surface area contributed by atoms with Gasteiger partial charge >= 0.3 is 0 Å². The number of rotatable bonds is 1. The SMILES string of the molecule is N#Cc1ccnc(N2C[C@H]3CC(N)CC[C@H]3C2)c1. The van der Waals surface area contributed by atoms with Crippen molar-refractivity contribution in [3.05, 3.63) is 23.9 Å². The molecule has 2 N–H and O–H groups in total. The molecule has 2 fully saturated rings. The first-order valence-corrected chi connectivity index (χ1v) is 6.63. The zero-order valence-electron chi connectivity index (χ0n) is 10.4. The Kier molecular flexibility index (Phi) is 2.92. The highest BCUT2D eigenvalue weighted by Crippen LogP contribution is 2.37. The molecule has 3 atom stereocenters. The van der Waals surface area contributed by atoms with Gasteiger partial charge < -0.3 is 10.6 Å². The van der Waals surface area contributed by atoms with Gasteiger partial charge in [0.2, 0.25) is 0 Å². The van der Waals surface area contributed by atoms with Crippen LogP contribution in [0.4, 0.5) is 5.82 Å². The van der Waals surface area contributed by atoms with E-state index in [4.69, 9.17) is 11.0 Å². The number of fused-ring (bicyclic) bond motifs is 1. The molecule has 4 heteroatoms. The second-order valence-electron chi connectivity index (χ2n) is 5.51. The van der Waals surface area contributed by atoms with E-state index in [-0.39, 0.29) is 0 Å². The smallest absolute Gasteiger partial charge is 0.129 e. The van der Waals surface area contributed by atoms with E-state index in [0.717, 1.165) is 37.7 Å². The van der Waals surface area contributed by atoms with Crippen LogP contribution in [0.2, 0.25) is 0 Å². The summed E-state index contributed by atoms with van der Waals surface area (Å²) >= 11 is 0. The Morgan fingerprint density at radius 1 is 1.33 bits per heavy atom. The van der Waals surface area contributed by atoms with Crippen LogP contribution >= 0.6 is 0 Å². The maximum atomic E-state index is 8.93. The molecule has 2 heterocycles. The molecule has 1 aromatic heterocycles. The van der Waals surface area contributed by atoms with Gasteiger partial charge in [-0.1, -0.05) is 0 Å². The Labute approximate surface area is 107 Å². The van der Waals surface area contributed by atoms with Gasteiger partial charge in [-0.15, -0.1) is 0 Å². The second-order valence-corrected chi connectivity index (χ2v) is 5.51. The van der Waals surface area contributed by atoms with Crippen molar-refractivity contribution in [1.29, 1.82) is 5.26 Å². The van der Waals surface area contributed by atoms with Crippen molar-refractivity contribution in [3.63, 3.8) is 0 Å². The Balaban J connectivity index is 1.77. The fourth-order valence-corrected chi connectivity index (χ4v) is 3.32. The van der Waals surface area contributed by atoms with Crippen LogP contribution in [0.25, 0.3) is 0 Å². The number of nitrogens with zero attached hydrogens (tertiary/aromatic N) is 3. The molecule has 2 aliphatic rings. The third-order valence-electron chi connectivity index (χ3n) is 4.29. The summed E-state index contributed by atoms with van der Waals surface area (Å²) in [6.07, 6.45) is 5.25. The van der Waals surface area contributed by atoms with Gasteiger partial charge in [0, 0.05) is 25.3 Å². The number of nitriles is 1. The van der Waals surface area contributed by atoms with E-state index >= 15 is 0 Å². The topological polar surface area (TPSA) is 65.9 Å². The molecule has 0 spiro atoms. The van der Waals surface area contributed by atoms with E-state index in [1.807, 2.05) is 6.07 Å². The molecule has 4 nitrogen and oxygen atoms in total. The molecule has 0 aromatic carbocycles. The largest absolute Gasteiger partial charge is 0.356 e. The molecule has 1 aromatic rings. The minimum atomic E-state index is 0.379. The lowest BCUT2D eigenvalue weighted by atomic mass is 9.79. The standard InChI is InChI=1S/C14H18N4/c15-7-10-3-4-17-14(5-10)18-8-11-1-2-13(16)6-12(11)9-18/h3-5,11-13H,1-2,6,8-9,16H2/t11-,12+,13?/m0/s1. The number of hydrogen-bond acceptors (Lipinski definition) is 4. The number of hydrogen-bond donors (Lipinski definition) is 1. The summed E-state index contributed by atoms with van der Waals surface area (Å²) in [7, 11) is 0. The summed E-state index contributed by atoms with van der Waals surface area (Å²) < 4.78 is 0. The first-order valence-electron chi connectivity index (χ1n) is 6.63. The Hall–Kier alpha value is -1.60. The van der Waals surface area contributed by atoms with Crippen LogP contribution in [0.5, 0.6) is 0 Å². The molecular formula is C14H18N4. The lowest BCUT2D eigenvalue weighted by molar-refractivity contribution is 0.271. The number of pyridine rings is 1. The van der Waals surface area contributed by atoms with E-state index in [9.17, 15) is 0 Å². The van der Waals surface area contributed by atoms with Crippen LogP contribution in [-0.2, 0) is 0 Å². The van der Waals surface area contributed by atoms with Crippen molar-refractivity contribution >= 4 is 5.82 Å². The van der Waals surface area contributed by atoms with Crippen molar-refractivity contribution in [2.75, 3.05) is 18.0 Å². The first kappa shape index (κ1) is 11.5. The zero-order valence-corrected chi connectivity index (χ0v) is 10.4. The van der Waals surface area contributed by atoms with Crippen LogP contribution in [0.1, 0.15) is 24.8 Å². The first-order chi connectivity index (χ1) is 8.76. The molecule has 1 saturated heterocycles. The summed E-state index contributed by atoms with van der Waals surface area (Å²) in [6.45, 7) is 2.11. The maximum Gasteiger partial charge on any atom is 0.129 e. The third kappa shape index (κ3) is 2.06. The predicted molar refractivity (Wildman–Crippen MR) is 70.0 cm³/mol. The zero-order chi connectivity index (χ0) is 12.5. The summed E-state index contributed by atoms with van der Waals surface area (Å²) in [6, 6.07) is 6.19. The molecule has 0 bridgehead atoms.